The molecular weight excluding hydrogens is 272 g/mol. The van der Waals surface area contributed by atoms with Crippen molar-refractivity contribution in [1.29, 1.82) is 0 Å². The van der Waals surface area contributed by atoms with E-state index in [0.717, 1.165) is 49.9 Å². The van der Waals surface area contributed by atoms with Gasteiger partial charge in [-0.15, -0.1) is 6.42 Å². The average molecular weight is 292 g/mol. The van der Waals surface area contributed by atoms with Gasteiger partial charge in [-0.05, 0) is 24.3 Å². The van der Waals surface area contributed by atoms with E-state index in [9.17, 15) is 0 Å². The van der Waals surface area contributed by atoms with Gasteiger partial charge >= 0.3 is 0 Å². The molecule has 0 unspecified atom stereocenters. The highest BCUT2D eigenvalue weighted by molar-refractivity contribution is 5.59. The first-order chi connectivity index (χ1) is 10.9. The summed E-state index contributed by atoms with van der Waals surface area (Å²) >= 11 is 0. The van der Waals surface area contributed by atoms with Crippen LogP contribution in [-0.2, 0) is 0 Å². The zero-order valence-electron chi connectivity index (χ0n) is 12.6. The lowest BCUT2D eigenvalue weighted by atomic mass is 10.2. The summed E-state index contributed by atoms with van der Waals surface area (Å²) in [4.78, 5) is 4.67. The Morgan fingerprint density at radius 3 is 2.32 bits per heavy atom. The van der Waals surface area contributed by atoms with Crippen LogP contribution in [0.1, 0.15) is 0 Å². The number of ether oxygens (including phenoxy) is 1. The fraction of sp³-hybridized carbons (Fsp3) is 0.263. The SMILES string of the molecule is C#CCN1CCN(c2ccccc2Oc2ccccc2)CC1. The van der Waals surface area contributed by atoms with E-state index in [-0.39, 0.29) is 0 Å². The van der Waals surface area contributed by atoms with Crippen molar-refractivity contribution in [2.45, 2.75) is 0 Å². The number of piperazine rings is 1. The van der Waals surface area contributed by atoms with Crippen LogP contribution in [0.5, 0.6) is 11.5 Å². The number of terminal acetylenes is 1. The van der Waals surface area contributed by atoms with Gasteiger partial charge in [0.15, 0.2) is 5.75 Å². The molecule has 0 N–H and O–H groups in total. The Kier molecular flexibility index (Phi) is 4.62. The van der Waals surface area contributed by atoms with E-state index in [1.807, 2.05) is 42.5 Å². The number of anilines is 1. The maximum absolute atomic E-state index is 6.05. The highest BCUT2D eigenvalue weighted by Crippen LogP contribution is 2.32. The van der Waals surface area contributed by atoms with Crippen molar-refractivity contribution in [2.24, 2.45) is 0 Å². The van der Waals surface area contributed by atoms with E-state index in [1.165, 1.54) is 0 Å². The molecule has 1 heterocycles. The third-order valence-electron chi connectivity index (χ3n) is 3.86. The lowest BCUT2D eigenvalue weighted by Gasteiger charge is -2.35. The van der Waals surface area contributed by atoms with Crippen molar-refractivity contribution in [2.75, 3.05) is 37.6 Å². The molecule has 1 saturated heterocycles. The quantitative estimate of drug-likeness (QED) is 0.805. The number of nitrogens with zero attached hydrogens (tertiary/aromatic N) is 2. The third kappa shape index (κ3) is 3.41. The third-order valence-corrected chi connectivity index (χ3v) is 3.86. The van der Waals surface area contributed by atoms with Crippen LogP contribution in [0.25, 0.3) is 0 Å². The Bertz CT molecular complexity index is 640. The minimum atomic E-state index is 0.732. The molecule has 0 radical (unpaired) electrons. The maximum Gasteiger partial charge on any atom is 0.150 e. The predicted molar refractivity (Wildman–Crippen MR) is 90.4 cm³/mol. The molecule has 112 valence electrons. The molecule has 1 aliphatic heterocycles. The molecule has 3 nitrogen and oxygen atoms in total. The van der Waals surface area contributed by atoms with Gasteiger partial charge < -0.3 is 9.64 Å². The maximum atomic E-state index is 6.05. The molecular formula is C19H20N2O. The van der Waals surface area contributed by atoms with Crippen molar-refractivity contribution in [1.82, 2.24) is 4.90 Å². The highest BCUT2D eigenvalue weighted by Gasteiger charge is 2.19. The van der Waals surface area contributed by atoms with Crippen molar-refractivity contribution >= 4 is 5.69 Å². The van der Waals surface area contributed by atoms with Gasteiger partial charge in [0.05, 0.1) is 12.2 Å². The number of para-hydroxylation sites is 3. The number of rotatable bonds is 4. The zero-order valence-corrected chi connectivity index (χ0v) is 12.6. The molecule has 3 rings (SSSR count). The number of hydrogen-bond acceptors (Lipinski definition) is 3. The van der Waals surface area contributed by atoms with Crippen molar-refractivity contribution < 1.29 is 4.74 Å². The second-order valence-electron chi connectivity index (χ2n) is 5.35. The van der Waals surface area contributed by atoms with Crippen LogP contribution >= 0.6 is 0 Å². The summed E-state index contributed by atoms with van der Waals surface area (Å²) in [5.74, 6) is 4.48. The first-order valence-corrected chi connectivity index (χ1v) is 7.59. The highest BCUT2D eigenvalue weighted by atomic mass is 16.5. The van der Waals surface area contributed by atoms with Gasteiger partial charge in [-0.25, -0.2) is 0 Å². The predicted octanol–water partition coefficient (Wildman–Crippen LogP) is 3.23. The Morgan fingerprint density at radius 2 is 1.59 bits per heavy atom. The molecule has 0 aromatic heterocycles. The van der Waals surface area contributed by atoms with E-state index in [0.29, 0.717) is 0 Å². The standard InChI is InChI=1S/C19H20N2O/c1-2-12-20-13-15-21(16-14-20)18-10-6-7-11-19(18)22-17-8-4-3-5-9-17/h1,3-11H,12-16H2. The summed E-state index contributed by atoms with van der Waals surface area (Å²) in [6, 6.07) is 18.1. The van der Waals surface area contributed by atoms with Gasteiger partial charge in [0.1, 0.15) is 5.75 Å². The molecule has 0 saturated carbocycles. The van der Waals surface area contributed by atoms with Crippen LogP contribution < -0.4 is 9.64 Å². The Labute approximate surface area is 132 Å². The Morgan fingerprint density at radius 1 is 0.909 bits per heavy atom. The van der Waals surface area contributed by atoms with E-state index in [4.69, 9.17) is 11.2 Å². The molecule has 2 aromatic carbocycles. The fourth-order valence-corrected chi connectivity index (χ4v) is 2.70. The molecule has 0 spiro atoms. The van der Waals surface area contributed by atoms with E-state index < -0.39 is 0 Å². The molecule has 1 fully saturated rings. The lowest BCUT2D eigenvalue weighted by molar-refractivity contribution is 0.287. The lowest BCUT2D eigenvalue weighted by Crippen LogP contribution is -2.46. The second-order valence-corrected chi connectivity index (χ2v) is 5.35. The molecule has 22 heavy (non-hydrogen) atoms. The zero-order chi connectivity index (χ0) is 15.2. The Balaban J connectivity index is 1.73. The molecule has 3 heteroatoms. The smallest absolute Gasteiger partial charge is 0.150 e. The van der Waals surface area contributed by atoms with Gasteiger partial charge in [0.2, 0.25) is 0 Å². The molecule has 0 atom stereocenters. The minimum Gasteiger partial charge on any atom is -0.455 e. The van der Waals surface area contributed by atoms with Crippen LogP contribution in [0.2, 0.25) is 0 Å². The van der Waals surface area contributed by atoms with Crippen molar-refractivity contribution in [3.8, 4) is 23.8 Å². The van der Waals surface area contributed by atoms with Gasteiger partial charge in [-0.3, -0.25) is 4.90 Å². The molecule has 0 bridgehead atoms. The normalized spacial score (nSPS) is 15.3. The number of hydrogen-bond donors (Lipinski definition) is 0. The summed E-state index contributed by atoms with van der Waals surface area (Å²) in [6.45, 7) is 4.65. The van der Waals surface area contributed by atoms with Crippen molar-refractivity contribution in [3.63, 3.8) is 0 Å². The van der Waals surface area contributed by atoms with Gasteiger partial charge in [-0.2, -0.15) is 0 Å². The van der Waals surface area contributed by atoms with Gasteiger partial charge in [0.25, 0.3) is 0 Å². The second kappa shape index (κ2) is 7.02. The fourth-order valence-electron chi connectivity index (χ4n) is 2.70. The Hall–Kier alpha value is -2.44. The van der Waals surface area contributed by atoms with Crippen LogP contribution in [-0.4, -0.2) is 37.6 Å². The van der Waals surface area contributed by atoms with Gasteiger partial charge in [-0.1, -0.05) is 36.3 Å². The molecule has 0 aliphatic carbocycles. The summed E-state index contributed by atoms with van der Waals surface area (Å²) in [6.07, 6.45) is 5.39. The molecule has 0 amide bonds. The minimum absolute atomic E-state index is 0.732. The first-order valence-electron chi connectivity index (χ1n) is 7.59. The van der Waals surface area contributed by atoms with E-state index in [1.54, 1.807) is 0 Å². The summed E-state index contributed by atoms with van der Waals surface area (Å²) in [7, 11) is 0. The summed E-state index contributed by atoms with van der Waals surface area (Å²) in [5.41, 5.74) is 1.15. The van der Waals surface area contributed by atoms with Crippen LogP contribution in [0.4, 0.5) is 5.69 Å². The topological polar surface area (TPSA) is 15.7 Å². The van der Waals surface area contributed by atoms with Crippen molar-refractivity contribution in [3.05, 3.63) is 54.6 Å². The van der Waals surface area contributed by atoms with Gasteiger partial charge in [0, 0.05) is 26.2 Å². The summed E-state index contributed by atoms with van der Waals surface area (Å²) < 4.78 is 6.05. The molecule has 2 aromatic rings. The average Bonchev–Trinajstić information content (AvgIpc) is 2.58. The number of benzene rings is 2. The van der Waals surface area contributed by atoms with Crippen LogP contribution in [0, 0.1) is 12.3 Å². The largest absolute Gasteiger partial charge is 0.455 e. The van der Waals surface area contributed by atoms with Crippen LogP contribution in [0.3, 0.4) is 0 Å². The summed E-state index contributed by atoms with van der Waals surface area (Å²) in [5, 5.41) is 0. The first kappa shape index (κ1) is 14.5. The monoisotopic (exact) mass is 292 g/mol. The van der Waals surface area contributed by atoms with Crippen LogP contribution in [0.15, 0.2) is 54.6 Å². The van der Waals surface area contributed by atoms with E-state index >= 15 is 0 Å². The van der Waals surface area contributed by atoms with E-state index in [2.05, 4.69) is 27.9 Å². The molecule has 1 aliphatic rings.